The molecular formula is C14H12BrF. The van der Waals surface area contributed by atoms with E-state index >= 15 is 0 Å². The van der Waals surface area contributed by atoms with Gasteiger partial charge in [0.15, 0.2) is 0 Å². The van der Waals surface area contributed by atoms with Crippen molar-refractivity contribution in [2.24, 2.45) is 0 Å². The zero-order valence-electron chi connectivity index (χ0n) is 8.79. The van der Waals surface area contributed by atoms with E-state index in [-0.39, 0.29) is 5.82 Å². The molecule has 82 valence electrons. The first-order chi connectivity index (χ1) is 7.79. The van der Waals surface area contributed by atoms with Gasteiger partial charge < -0.3 is 0 Å². The minimum Gasteiger partial charge on any atom is -0.207 e. The van der Waals surface area contributed by atoms with Crippen molar-refractivity contribution in [1.82, 2.24) is 0 Å². The van der Waals surface area contributed by atoms with E-state index in [1.165, 1.54) is 17.7 Å². The molecule has 0 aromatic heterocycles. The zero-order valence-corrected chi connectivity index (χ0v) is 10.4. The van der Waals surface area contributed by atoms with Crippen molar-refractivity contribution >= 4 is 15.9 Å². The highest BCUT2D eigenvalue weighted by Crippen LogP contribution is 2.20. The van der Waals surface area contributed by atoms with Crippen LogP contribution in [0.3, 0.4) is 0 Å². The summed E-state index contributed by atoms with van der Waals surface area (Å²) in [7, 11) is 0. The van der Waals surface area contributed by atoms with E-state index in [1.54, 1.807) is 12.1 Å². The summed E-state index contributed by atoms with van der Waals surface area (Å²) < 4.78 is 12.8. The smallest absolute Gasteiger partial charge is 0.123 e. The van der Waals surface area contributed by atoms with Crippen molar-refractivity contribution < 1.29 is 4.39 Å². The monoisotopic (exact) mass is 278 g/mol. The van der Waals surface area contributed by atoms with E-state index in [4.69, 9.17) is 0 Å². The Hall–Kier alpha value is -1.15. The molecule has 0 aliphatic heterocycles. The molecule has 2 aromatic carbocycles. The summed E-state index contributed by atoms with van der Waals surface area (Å²) in [5.41, 5.74) is 3.48. The number of benzene rings is 2. The number of hydrogen-bond acceptors (Lipinski definition) is 0. The van der Waals surface area contributed by atoms with Crippen LogP contribution in [0.1, 0.15) is 5.56 Å². The number of hydrogen-bond donors (Lipinski definition) is 0. The zero-order chi connectivity index (χ0) is 11.4. The van der Waals surface area contributed by atoms with Gasteiger partial charge in [-0.05, 0) is 35.2 Å². The molecule has 16 heavy (non-hydrogen) atoms. The highest BCUT2D eigenvalue weighted by Gasteiger charge is 1.98. The maximum Gasteiger partial charge on any atom is 0.123 e. The van der Waals surface area contributed by atoms with E-state index in [9.17, 15) is 4.39 Å². The van der Waals surface area contributed by atoms with Crippen LogP contribution in [0.2, 0.25) is 0 Å². The maximum atomic E-state index is 12.8. The lowest BCUT2D eigenvalue weighted by Gasteiger charge is -2.03. The molecule has 0 spiro atoms. The van der Waals surface area contributed by atoms with Crippen molar-refractivity contribution in [2.45, 2.75) is 6.42 Å². The molecule has 0 heterocycles. The van der Waals surface area contributed by atoms with Gasteiger partial charge in [0, 0.05) is 5.33 Å². The minimum absolute atomic E-state index is 0.195. The maximum absolute atomic E-state index is 12.8. The van der Waals surface area contributed by atoms with Crippen LogP contribution in [0.25, 0.3) is 11.1 Å². The summed E-state index contributed by atoms with van der Waals surface area (Å²) in [4.78, 5) is 0. The number of alkyl halides is 1. The number of aryl methyl sites for hydroxylation is 1. The summed E-state index contributed by atoms with van der Waals surface area (Å²) in [6, 6.07) is 14.9. The molecule has 0 nitrogen and oxygen atoms in total. The van der Waals surface area contributed by atoms with Crippen LogP contribution >= 0.6 is 15.9 Å². The van der Waals surface area contributed by atoms with Gasteiger partial charge in [0.05, 0.1) is 0 Å². The Morgan fingerprint density at radius 3 is 1.81 bits per heavy atom. The van der Waals surface area contributed by atoms with Gasteiger partial charge in [-0.25, -0.2) is 4.39 Å². The average molecular weight is 279 g/mol. The van der Waals surface area contributed by atoms with Gasteiger partial charge in [-0.15, -0.1) is 0 Å². The SMILES string of the molecule is Fc1ccc(-c2ccc(CCBr)cc2)cc1. The third kappa shape index (κ3) is 2.70. The molecule has 0 aliphatic carbocycles. The van der Waals surface area contributed by atoms with Crippen molar-refractivity contribution in [3.63, 3.8) is 0 Å². The average Bonchev–Trinajstić information content (AvgIpc) is 2.32. The topological polar surface area (TPSA) is 0 Å². The van der Waals surface area contributed by atoms with Gasteiger partial charge in [-0.3, -0.25) is 0 Å². The molecule has 0 saturated carbocycles. The Balaban J connectivity index is 2.24. The van der Waals surface area contributed by atoms with Gasteiger partial charge in [0.2, 0.25) is 0 Å². The third-order valence-electron chi connectivity index (χ3n) is 2.51. The molecule has 0 aliphatic rings. The molecule has 2 rings (SSSR count). The molecular weight excluding hydrogens is 267 g/mol. The van der Waals surface area contributed by atoms with Crippen LogP contribution in [0.4, 0.5) is 4.39 Å². The lowest BCUT2D eigenvalue weighted by Crippen LogP contribution is -1.85. The van der Waals surface area contributed by atoms with Gasteiger partial charge in [0.25, 0.3) is 0 Å². The largest absolute Gasteiger partial charge is 0.207 e. The molecule has 0 bridgehead atoms. The van der Waals surface area contributed by atoms with E-state index in [0.29, 0.717) is 0 Å². The molecule has 0 amide bonds. The van der Waals surface area contributed by atoms with Gasteiger partial charge >= 0.3 is 0 Å². The molecule has 0 fully saturated rings. The van der Waals surface area contributed by atoms with E-state index in [1.807, 2.05) is 0 Å². The summed E-state index contributed by atoms with van der Waals surface area (Å²) in [6.45, 7) is 0. The summed E-state index contributed by atoms with van der Waals surface area (Å²) >= 11 is 3.42. The highest BCUT2D eigenvalue weighted by molar-refractivity contribution is 9.09. The fourth-order valence-corrected chi connectivity index (χ4v) is 2.07. The molecule has 2 heteroatoms. The second-order valence-electron chi connectivity index (χ2n) is 3.64. The second-order valence-corrected chi connectivity index (χ2v) is 4.44. The Labute approximate surface area is 103 Å². The first kappa shape index (κ1) is 11.3. The fourth-order valence-electron chi connectivity index (χ4n) is 1.62. The summed E-state index contributed by atoms with van der Waals surface area (Å²) in [5, 5.41) is 0.975. The normalized spacial score (nSPS) is 10.4. The van der Waals surface area contributed by atoms with Crippen LogP contribution in [-0.4, -0.2) is 5.33 Å². The predicted molar refractivity (Wildman–Crippen MR) is 69.3 cm³/mol. The first-order valence-electron chi connectivity index (χ1n) is 5.20. The Bertz CT molecular complexity index is 445. The van der Waals surface area contributed by atoms with Gasteiger partial charge in [0.1, 0.15) is 5.82 Å². The molecule has 0 N–H and O–H groups in total. The quantitative estimate of drug-likeness (QED) is 0.729. The van der Waals surface area contributed by atoms with Crippen LogP contribution in [-0.2, 0) is 6.42 Å². The second kappa shape index (κ2) is 5.26. The van der Waals surface area contributed by atoms with Crippen molar-refractivity contribution in [3.8, 4) is 11.1 Å². The van der Waals surface area contributed by atoms with Crippen LogP contribution in [0, 0.1) is 5.82 Å². The molecule has 0 unspecified atom stereocenters. The molecule has 2 aromatic rings. The van der Waals surface area contributed by atoms with Gasteiger partial charge in [-0.1, -0.05) is 52.3 Å². The standard InChI is InChI=1S/C14H12BrF/c15-10-9-11-1-3-12(4-2-11)13-5-7-14(16)8-6-13/h1-8H,9-10H2. The van der Waals surface area contributed by atoms with Gasteiger partial charge in [-0.2, -0.15) is 0 Å². The van der Waals surface area contributed by atoms with Crippen molar-refractivity contribution in [2.75, 3.05) is 5.33 Å². The third-order valence-corrected chi connectivity index (χ3v) is 2.91. The molecule has 0 radical (unpaired) electrons. The van der Waals surface area contributed by atoms with Crippen molar-refractivity contribution in [1.29, 1.82) is 0 Å². The van der Waals surface area contributed by atoms with Crippen molar-refractivity contribution in [3.05, 3.63) is 59.9 Å². The lowest BCUT2D eigenvalue weighted by atomic mass is 10.0. The first-order valence-corrected chi connectivity index (χ1v) is 6.32. The van der Waals surface area contributed by atoms with Crippen LogP contribution < -0.4 is 0 Å². The number of halogens is 2. The fraction of sp³-hybridized carbons (Fsp3) is 0.143. The lowest BCUT2D eigenvalue weighted by molar-refractivity contribution is 0.628. The van der Waals surface area contributed by atoms with E-state index in [2.05, 4.69) is 40.2 Å². The molecule has 0 atom stereocenters. The summed E-state index contributed by atoms with van der Waals surface area (Å²) in [5.74, 6) is -0.195. The predicted octanol–water partition coefficient (Wildman–Crippen LogP) is 4.43. The summed E-state index contributed by atoms with van der Waals surface area (Å²) in [6.07, 6.45) is 1.03. The van der Waals surface area contributed by atoms with Crippen LogP contribution in [0.5, 0.6) is 0 Å². The van der Waals surface area contributed by atoms with E-state index < -0.39 is 0 Å². The number of rotatable bonds is 3. The highest BCUT2D eigenvalue weighted by atomic mass is 79.9. The molecule has 0 saturated heterocycles. The van der Waals surface area contributed by atoms with E-state index in [0.717, 1.165) is 22.9 Å². The minimum atomic E-state index is -0.195. The Morgan fingerprint density at radius 1 is 0.812 bits per heavy atom. The van der Waals surface area contributed by atoms with Crippen LogP contribution in [0.15, 0.2) is 48.5 Å². The Kier molecular flexibility index (Phi) is 3.73. The Morgan fingerprint density at radius 2 is 1.31 bits per heavy atom.